The van der Waals surface area contributed by atoms with E-state index in [1.54, 1.807) is 0 Å². The summed E-state index contributed by atoms with van der Waals surface area (Å²) in [5, 5.41) is 13.4. The summed E-state index contributed by atoms with van der Waals surface area (Å²) in [6.07, 6.45) is 2.01. The van der Waals surface area contributed by atoms with Gasteiger partial charge in [0, 0.05) is 18.6 Å². The van der Waals surface area contributed by atoms with Crippen molar-refractivity contribution >= 4 is 5.96 Å². The van der Waals surface area contributed by atoms with E-state index in [4.69, 9.17) is 11.1 Å². The summed E-state index contributed by atoms with van der Waals surface area (Å²) in [6, 6.07) is 0.806. The SMILES string of the molecule is C=C(C(C)C)[C@H](CCCNC(=N)N)NC(C)C. The summed E-state index contributed by atoms with van der Waals surface area (Å²) in [6.45, 7) is 13.6. The first-order valence-electron chi connectivity index (χ1n) is 6.37. The Balaban J connectivity index is 4.11. The van der Waals surface area contributed by atoms with Crippen LogP contribution in [0.5, 0.6) is 0 Å². The number of guanidine groups is 1. The van der Waals surface area contributed by atoms with Crippen molar-refractivity contribution < 1.29 is 0 Å². The molecule has 100 valence electrons. The zero-order chi connectivity index (χ0) is 13.4. The molecule has 0 rings (SSSR count). The maximum atomic E-state index is 7.08. The first kappa shape index (κ1) is 16.0. The smallest absolute Gasteiger partial charge is 0.185 e. The van der Waals surface area contributed by atoms with Crippen LogP contribution in [0.3, 0.4) is 0 Å². The highest BCUT2D eigenvalue weighted by atomic mass is 15.0. The average molecular weight is 240 g/mol. The van der Waals surface area contributed by atoms with Crippen molar-refractivity contribution in [2.45, 2.75) is 52.6 Å². The van der Waals surface area contributed by atoms with Gasteiger partial charge in [-0.2, -0.15) is 0 Å². The predicted octanol–water partition coefficient (Wildman–Crippen LogP) is 1.83. The average Bonchev–Trinajstić information content (AvgIpc) is 2.20. The van der Waals surface area contributed by atoms with Crippen LogP contribution in [0, 0.1) is 11.3 Å². The summed E-state index contributed by atoms with van der Waals surface area (Å²) in [5.41, 5.74) is 6.49. The third kappa shape index (κ3) is 7.80. The number of rotatable bonds is 8. The summed E-state index contributed by atoms with van der Waals surface area (Å²) < 4.78 is 0. The standard InChI is InChI=1S/C13H28N4/c1-9(2)11(5)12(17-10(3)4)7-6-8-16-13(14)15/h9-10,12,17H,5-8H2,1-4H3,(H4,14,15,16)/t12-/m0/s1. The Morgan fingerprint density at radius 3 is 2.29 bits per heavy atom. The molecule has 0 saturated heterocycles. The van der Waals surface area contributed by atoms with Crippen LogP contribution < -0.4 is 16.4 Å². The van der Waals surface area contributed by atoms with Crippen LogP contribution in [-0.2, 0) is 0 Å². The molecular formula is C13H28N4. The molecule has 1 atom stereocenters. The van der Waals surface area contributed by atoms with Crippen molar-refractivity contribution in [1.29, 1.82) is 5.41 Å². The Morgan fingerprint density at radius 2 is 1.88 bits per heavy atom. The summed E-state index contributed by atoms with van der Waals surface area (Å²) in [7, 11) is 0. The first-order valence-corrected chi connectivity index (χ1v) is 6.37. The minimum absolute atomic E-state index is 0.0426. The Morgan fingerprint density at radius 1 is 1.29 bits per heavy atom. The third-order valence-electron chi connectivity index (χ3n) is 2.71. The van der Waals surface area contributed by atoms with Crippen molar-refractivity contribution in [2.24, 2.45) is 11.7 Å². The summed E-state index contributed by atoms with van der Waals surface area (Å²) >= 11 is 0. The molecule has 0 unspecified atom stereocenters. The fourth-order valence-corrected chi connectivity index (χ4v) is 1.71. The quantitative estimate of drug-likeness (QED) is 0.226. The van der Waals surface area contributed by atoms with Gasteiger partial charge in [0.05, 0.1) is 0 Å². The van der Waals surface area contributed by atoms with Crippen LogP contribution in [0.2, 0.25) is 0 Å². The van der Waals surface area contributed by atoms with Gasteiger partial charge in [-0.15, -0.1) is 0 Å². The van der Waals surface area contributed by atoms with Gasteiger partial charge in [-0.1, -0.05) is 39.8 Å². The lowest BCUT2D eigenvalue weighted by Gasteiger charge is -2.26. The largest absolute Gasteiger partial charge is 0.370 e. The molecule has 0 bridgehead atoms. The minimum atomic E-state index is 0.0426. The van der Waals surface area contributed by atoms with Gasteiger partial charge in [0.1, 0.15) is 0 Å². The van der Waals surface area contributed by atoms with Crippen molar-refractivity contribution in [1.82, 2.24) is 10.6 Å². The first-order chi connectivity index (χ1) is 7.84. The maximum Gasteiger partial charge on any atom is 0.185 e. The summed E-state index contributed by atoms with van der Waals surface area (Å²) in [4.78, 5) is 0. The molecule has 0 aromatic heterocycles. The summed E-state index contributed by atoms with van der Waals surface area (Å²) in [5.74, 6) is 0.535. The van der Waals surface area contributed by atoms with Crippen LogP contribution in [0.15, 0.2) is 12.2 Å². The molecule has 0 amide bonds. The Hall–Kier alpha value is -1.03. The molecule has 0 aromatic carbocycles. The molecule has 0 aliphatic rings. The predicted molar refractivity (Wildman–Crippen MR) is 75.2 cm³/mol. The molecule has 0 fully saturated rings. The molecule has 17 heavy (non-hydrogen) atoms. The van der Waals surface area contributed by atoms with E-state index in [-0.39, 0.29) is 5.96 Å². The molecule has 5 N–H and O–H groups in total. The highest BCUT2D eigenvalue weighted by molar-refractivity contribution is 5.74. The molecular weight excluding hydrogens is 212 g/mol. The zero-order valence-corrected chi connectivity index (χ0v) is 11.6. The van der Waals surface area contributed by atoms with Crippen LogP contribution >= 0.6 is 0 Å². The normalized spacial score (nSPS) is 12.8. The van der Waals surface area contributed by atoms with E-state index in [0.29, 0.717) is 18.0 Å². The van der Waals surface area contributed by atoms with Crippen molar-refractivity contribution in [2.75, 3.05) is 6.54 Å². The number of nitrogens with one attached hydrogen (secondary N) is 3. The van der Waals surface area contributed by atoms with Crippen LogP contribution in [0.25, 0.3) is 0 Å². The van der Waals surface area contributed by atoms with Gasteiger partial charge in [-0.25, -0.2) is 0 Å². The number of hydrogen-bond donors (Lipinski definition) is 4. The topological polar surface area (TPSA) is 73.9 Å². The van der Waals surface area contributed by atoms with Crippen LogP contribution in [-0.4, -0.2) is 24.6 Å². The number of hydrogen-bond acceptors (Lipinski definition) is 2. The monoisotopic (exact) mass is 240 g/mol. The van der Waals surface area contributed by atoms with Gasteiger partial charge in [-0.05, 0) is 18.8 Å². The third-order valence-corrected chi connectivity index (χ3v) is 2.71. The Bertz CT molecular complexity index is 246. The molecule has 0 aliphatic carbocycles. The van der Waals surface area contributed by atoms with Gasteiger partial charge >= 0.3 is 0 Å². The molecule has 0 heterocycles. The van der Waals surface area contributed by atoms with Crippen LogP contribution in [0.4, 0.5) is 0 Å². The molecule has 0 radical (unpaired) electrons. The molecule has 0 aliphatic heterocycles. The van der Waals surface area contributed by atoms with E-state index < -0.39 is 0 Å². The van der Waals surface area contributed by atoms with E-state index in [1.165, 1.54) is 5.57 Å². The highest BCUT2D eigenvalue weighted by Gasteiger charge is 2.15. The van der Waals surface area contributed by atoms with E-state index in [0.717, 1.165) is 19.4 Å². The lowest BCUT2D eigenvalue weighted by atomic mass is 9.93. The van der Waals surface area contributed by atoms with Gasteiger partial charge < -0.3 is 16.4 Å². The lowest BCUT2D eigenvalue weighted by molar-refractivity contribution is 0.446. The van der Waals surface area contributed by atoms with E-state index in [2.05, 4.69) is 44.9 Å². The minimum Gasteiger partial charge on any atom is -0.370 e. The van der Waals surface area contributed by atoms with E-state index in [1.807, 2.05) is 0 Å². The molecule has 4 nitrogen and oxygen atoms in total. The van der Waals surface area contributed by atoms with Crippen molar-refractivity contribution in [3.63, 3.8) is 0 Å². The lowest BCUT2D eigenvalue weighted by Crippen LogP contribution is -2.38. The maximum absolute atomic E-state index is 7.08. The Kier molecular flexibility index (Phi) is 7.63. The van der Waals surface area contributed by atoms with Gasteiger partial charge in [0.15, 0.2) is 5.96 Å². The van der Waals surface area contributed by atoms with Gasteiger partial charge in [-0.3, -0.25) is 5.41 Å². The van der Waals surface area contributed by atoms with E-state index in [9.17, 15) is 0 Å². The zero-order valence-electron chi connectivity index (χ0n) is 11.6. The highest BCUT2D eigenvalue weighted by Crippen LogP contribution is 2.16. The molecule has 0 saturated carbocycles. The van der Waals surface area contributed by atoms with E-state index >= 15 is 0 Å². The second-order valence-corrected chi connectivity index (χ2v) is 5.09. The molecule has 0 spiro atoms. The fraction of sp³-hybridized carbons (Fsp3) is 0.769. The molecule has 4 heteroatoms. The number of nitrogens with two attached hydrogens (primary N) is 1. The van der Waals surface area contributed by atoms with Gasteiger partial charge in [0.25, 0.3) is 0 Å². The van der Waals surface area contributed by atoms with Gasteiger partial charge in [0.2, 0.25) is 0 Å². The van der Waals surface area contributed by atoms with Crippen LogP contribution in [0.1, 0.15) is 40.5 Å². The van der Waals surface area contributed by atoms with Crippen molar-refractivity contribution in [3.05, 3.63) is 12.2 Å². The Labute approximate surface area is 106 Å². The second-order valence-electron chi connectivity index (χ2n) is 5.09. The second kappa shape index (κ2) is 8.12. The fourth-order valence-electron chi connectivity index (χ4n) is 1.71. The van der Waals surface area contributed by atoms with Crippen molar-refractivity contribution in [3.8, 4) is 0 Å². The molecule has 0 aromatic rings.